The molecule has 0 fully saturated rings. The fourth-order valence-electron chi connectivity index (χ4n) is 2.28. The minimum Gasteiger partial charge on any atom is -0.476 e. The first-order valence-corrected chi connectivity index (χ1v) is 8.64. The van der Waals surface area contributed by atoms with Gasteiger partial charge in [-0.05, 0) is 24.3 Å². The number of ether oxygens (including phenoxy) is 1. The summed E-state index contributed by atoms with van der Waals surface area (Å²) in [5.41, 5.74) is 1.16. The van der Waals surface area contributed by atoms with E-state index in [1.54, 1.807) is 18.2 Å². The van der Waals surface area contributed by atoms with E-state index in [2.05, 4.69) is 25.3 Å². The van der Waals surface area contributed by atoms with Crippen molar-refractivity contribution in [1.82, 2.24) is 25.3 Å². The lowest BCUT2D eigenvalue weighted by Gasteiger charge is -2.08. The molecule has 33 heavy (non-hydrogen) atoms. The van der Waals surface area contributed by atoms with Gasteiger partial charge in [-0.15, -0.1) is 5.10 Å². The van der Waals surface area contributed by atoms with Crippen molar-refractivity contribution in [2.24, 2.45) is 0 Å². The van der Waals surface area contributed by atoms with E-state index < -0.39 is 30.0 Å². The maximum atomic E-state index is 12.4. The average molecular weight is 469 g/mol. The maximum absolute atomic E-state index is 12.4. The van der Waals surface area contributed by atoms with Gasteiger partial charge in [0.2, 0.25) is 0 Å². The Labute approximate surface area is 181 Å². The lowest BCUT2D eigenvalue weighted by Crippen LogP contribution is -2.30. The molecule has 174 valence electrons. The van der Waals surface area contributed by atoms with E-state index in [9.17, 15) is 27.6 Å². The average Bonchev–Trinajstić information content (AvgIpc) is 3.27. The van der Waals surface area contributed by atoms with Gasteiger partial charge in [-0.2, -0.15) is 13.2 Å². The molecule has 0 aliphatic heterocycles. The van der Waals surface area contributed by atoms with E-state index in [-0.39, 0.29) is 12.2 Å². The molecule has 0 radical (unpaired) electrons. The molecule has 1 aromatic carbocycles. The number of carboxylic acids is 2. The molecule has 0 bridgehead atoms. The van der Waals surface area contributed by atoms with Gasteiger partial charge < -0.3 is 20.3 Å². The van der Waals surface area contributed by atoms with Gasteiger partial charge in [-0.1, -0.05) is 5.21 Å². The number of hydrogen-bond acceptors (Lipinski definition) is 8. The third kappa shape index (κ3) is 6.46. The second-order valence-electron chi connectivity index (χ2n) is 5.98. The van der Waals surface area contributed by atoms with Gasteiger partial charge in [0.15, 0.2) is 5.69 Å². The van der Waals surface area contributed by atoms with E-state index in [0.29, 0.717) is 22.2 Å². The number of rotatable bonds is 5. The number of benzene rings is 1. The van der Waals surface area contributed by atoms with Crippen LogP contribution in [0.15, 0.2) is 36.7 Å². The number of aromatic nitrogens is 4. The number of amides is 1. The Bertz CT molecular complexity index is 1210. The van der Waals surface area contributed by atoms with Crippen LogP contribution in [0.25, 0.3) is 16.6 Å². The van der Waals surface area contributed by atoms with E-state index in [4.69, 9.17) is 15.0 Å². The highest BCUT2D eigenvalue weighted by atomic mass is 19.4. The highest BCUT2D eigenvalue weighted by molar-refractivity contribution is 6.07. The van der Waals surface area contributed by atoms with Crippen molar-refractivity contribution in [3.05, 3.63) is 47.9 Å². The van der Waals surface area contributed by atoms with Gasteiger partial charge in [0.1, 0.15) is 6.54 Å². The minimum absolute atomic E-state index is 0.202. The number of hydrogen-bond donors (Lipinski definition) is 3. The number of fused-ring (bicyclic) bond motifs is 1. The molecule has 2 heterocycles. The van der Waals surface area contributed by atoms with E-state index in [1.165, 1.54) is 30.3 Å². The number of methoxy groups -OCH3 is 1. The van der Waals surface area contributed by atoms with Gasteiger partial charge in [0.05, 0.1) is 30.1 Å². The summed E-state index contributed by atoms with van der Waals surface area (Å²) in [5.74, 6) is -4.99. The van der Waals surface area contributed by atoms with E-state index >= 15 is 0 Å². The van der Waals surface area contributed by atoms with Crippen LogP contribution in [0.3, 0.4) is 0 Å². The second-order valence-corrected chi connectivity index (χ2v) is 5.98. The molecule has 0 aliphatic carbocycles. The molecule has 0 unspecified atom stereocenters. The molecule has 0 spiro atoms. The number of nitrogens with zero attached hydrogens (tertiary/aromatic N) is 4. The molecule has 0 aliphatic rings. The largest absolute Gasteiger partial charge is 0.490 e. The highest BCUT2D eigenvalue weighted by Gasteiger charge is 2.38. The predicted octanol–water partition coefficient (Wildman–Crippen LogP) is 1.05. The molecule has 0 saturated carbocycles. The first kappa shape index (κ1) is 24.7. The number of aliphatic carboxylic acids is 1. The fourth-order valence-corrected chi connectivity index (χ4v) is 2.28. The van der Waals surface area contributed by atoms with Crippen LogP contribution in [-0.4, -0.2) is 73.8 Å². The van der Waals surface area contributed by atoms with Crippen molar-refractivity contribution in [3.8, 4) is 5.69 Å². The lowest BCUT2D eigenvalue weighted by molar-refractivity contribution is -0.192. The van der Waals surface area contributed by atoms with Crippen LogP contribution in [0.4, 0.5) is 13.2 Å². The summed E-state index contributed by atoms with van der Waals surface area (Å²) in [6.45, 7) is -0.260. The zero-order chi connectivity index (χ0) is 24.8. The van der Waals surface area contributed by atoms with Crippen molar-refractivity contribution in [1.29, 1.82) is 0 Å². The molecule has 0 saturated heterocycles. The summed E-state index contributed by atoms with van der Waals surface area (Å²) in [5, 5.41) is 26.4. The predicted molar refractivity (Wildman–Crippen MR) is 102 cm³/mol. The molecule has 3 N–H and O–H groups in total. The molecule has 0 atom stereocenters. The standard InChI is InChI=1S/C16H13N5O5.C2HF3O2/c1-26-14(22)7-18-15(23)10-4-5-17-12-3-2-9(6-11(10)12)21-8-13(16(24)25)19-20-21;3-2(4,5)1(6)7/h2-6,8H,7H2,1H3,(H,18,23)(H,24,25);(H,6,7). The summed E-state index contributed by atoms with van der Waals surface area (Å²) in [6, 6.07) is 6.49. The Hall–Kier alpha value is -4.56. The summed E-state index contributed by atoms with van der Waals surface area (Å²) in [6.07, 6.45) is -2.34. The number of carboxylic acid groups (broad SMARTS) is 2. The SMILES string of the molecule is COC(=O)CNC(=O)c1ccnc2ccc(-n3cc(C(=O)O)nn3)cc12.O=C(O)C(F)(F)F. The zero-order valence-electron chi connectivity index (χ0n) is 16.5. The van der Waals surface area contributed by atoms with Crippen molar-refractivity contribution in [2.45, 2.75) is 6.18 Å². The third-order valence-corrected chi connectivity index (χ3v) is 3.81. The van der Waals surface area contributed by atoms with Crippen LogP contribution in [0, 0.1) is 0 Å². The molecule has 3 aromatic rings. The van der Waals surface area contributed by atoms with E-state index in [0.717, 1.165) is 0 Å². The lowest BCUT2D eigenvalue weighted by atomic mass is 10.1. The maximum Gasteiger partial charge on any atom is 0.490 e. The Morgan fingerprint density at radius 1 is 1.15 bits per heavy atom. The molecular formula is C18H14F3N5O7. The van der Waals surface area contributed by atoms with Crippen LogP contribution in [0.2, 0.25) is 0 Å². The van der Waals surface area contributed by atoms with Crippen LogP contribution < -0.4 is 5.32 Å². The van der Waals surface area contributed by atoms with Crippen LogP contribution in [0.1, 0.15) is 20.8 Å². The Balaban J connectivity index is 0.000000479. The van der Waals surface area contributed by atoms with Gasteiger partial charge >= 0.3 is 24.1 Å². The highest BCUT2D eigenvalue weighted by Crippen LogP contribution is 2.20. The number of carbonyl (C=O) groups is 4. The molecular weight excluding hydrogens is 455 g/mol. The molecule has 12 nitrogen and oxygen atoms in total. The van der Waals surface area contributed by atoms with Crippen molar-refractivity contribution in [2.75, 3.05) is 13.7 Å². The number of pyridine rings is 1. The molecule has 15 heteroatoms. The summed E-state index contributed by atoms with van der Waals surface area (Å²) >= 11 is 0. The summed E-state index contributed by atoms with van der Waals surface area (Å²) < 4.78 is 37.5. The first-order valence-electron chi connectivity index (χ1n) is 8.64. The van der Waals surface area contributed by atoms with E-state index in [1.807, 2.05) is 0 Å². The molecule has 2 aromatic heterocycles. The van der Waals surface area contributed by atoms with Crippen LogP contribution in [-0.2, 0) is 14.3 Å². The topological polar surface area (TPSA) is 174 Å². The number of carbonyl (C=O) groups excluding carboxylic acids is 2. The quantitative estimate of drug-likeness (QED) is 0.458. The number of aromatic carboxylic acids is 1. The first-order chi connectivity index (χ1) is 15.4. The Morgan fingerprint density at radius 3 is 2.36 bits per heavy atom. The van der Waals surface area contributed by atoms with Crippen LogP contribution in [0.5, 0.6) is 0 Å². The number of halogens is 3. The van der Waals surface area contributed by atoms with Crippen LogP contribution >= 0.6 is 0 Å². The Kier molecular flexibility index (Phi) is 7.61. The van der Waals surface area contributed by atoms with Crippen molar-refractivity contribution >= 4 is 34.7 Å². The molecule has 3 rings (SSSR count). The Morgan fingerprint density at radius 2 is 1.82 bits per heavy atom. The minimum atomic E-state index is -5.08. The normalized spacial score (nSPS) is 10.7. The molecule has 1 amide bonds. The third-order valence-electron chi connectivity index (χ3n) is 3.81. The smallest absolute Gasteiger partial charge is 0.476 e. The summed E-state index contributed by atoms with van der Waals surface area (Å²) in [4.78, 5) is 47.6. The van der Waals surface area contributed by atoms with Gasteiger partial charge in [-0.25, -0.2) is 14.3 Å². The zero-order valence-corrected chi connectivity index (χ0v) is 16.5. The number of esters is 1. The summed E-state index contributed by atoms with van der Waals surface area (Å²) in [7, 11) is 1.23. The number of alkyl halides is 3. The van der Waals surface area contributed by atoms with Crippen molar-refractivity contribution < 1.29 is 47.3 Å². The van der Waals surface area contributed by atoms with Crippen molar-refractivity contribution in [3.63, 3.8) is 0 Å². The van der Waals surface area contributed by atoms with Gasteiger partial charge in [-0.3, -0.25) is 14.6 Å². The fraction of sp³-hybridized carbons (Fsp3) is 0.167. The van der Waals surface area contributed by atoms with Gasteiger partial charge in [0.25, 0.3) is 5.91 Å². The number of nitrogens with one attached hydrogen (secondary N) is 1. The second kappa shape index (κ2) is 10.2. The van der Waals surface area contributed by atoms with Gasteiger partial charge in [0, 0.05) is 11.6 Å². The monoisotopic (exact) mass is 469 g/mol.